The van der Waals surface area contributed by atoms with E-state index in [1.807, 2.05) is 31.2 Å². The summed E-state index contributed by atoms with van der Waals surface area (Å²) in [5.41, 5.74) is 2.06. The van der Waals surface area contributed by atoms with Crippen molar-refractivity contribution in [3.8, 4) is 0 Å². The fourth-order valence-corrected chi connectivity index (χ4v) is 2.79. The lowest BCUT2D eigenvalue weighted by Crippen LogP contribution is -2.02. The van der Waals surface area contributed by atoms with Crippen LogP contribution in [0.5, 0.6) is 0 Å². The summed E-state index contributed by atoms with van der Waals surface area (Å²) in [6.45, 7) is 4.83. The van der Waals surface area contributed by atoms with Gasteiger partial charge < -0.3 is 5.32 Å². The summed E-state index contributed by atoms with van der Waals surface area (Å²) in [6, 6.07) is 7.98. The van der Waals surface area contributed by atoms with Crippen LogP contribution in [0, 0.1) is 13.8 Å². The van der Waals surface area contributed by atoms with Crippen LogP contribution in [0.25, 0.3) is 10.9 Å². The van der Waals surface area contributed by atoms with Gasteiger partial charge in [-0.2, -0.15) is 0 Å². The topological polar surface area (TPSA) is 50.7 Å². The molecule has 0 radical (unpaired) electrons. The van der Waals surface area contributed by atoms with Crippen LogP contribution >= 0.6 is 11.3 Å². The highest BCUT2D eigenvalue weighted by atomic mass is 32.1. The van der Waals surface area contributed by atoms with Crippen molar-refractivity contribution >= 4 is 28.1 Å². The van der Waals surface area contributed by atoms with E-state index in [1.165, 1.54) is 4.88 Å². The van der Waals surface area contributed by atoms with E-state index in [9.17, 15) is 0 Å². The predicted molar refractivity (Wildman–Crippen MR) is 78.5 cm³/mol. The third-order valence-corrected chi connectivity index (χ3v) is 4.10. The molecule has 0 fully saturated rings. The van der Waals surface area contributed by atoms with Gasteiger partial charge in [-0.05, 0) is 26.0 Å². The third kappa shape index (κ3) is 2.42. The van der Waals surface area contributed by atoms with E-state index in [4.69, 9.17) is 0 Å². The minimum Gasteiger partial charge on any atom is -0.363 e. The second kappa shape index (κ2) is 4.93. The molecular weight excluding hydrogens is 256 g/mol. The Balaban J connectivity index is 1.85. The highest BCUT2D eigenvalue weighted by Crippen LogP contribution is 2.21. The van der Waals surface area contributed by atoms with Crippen molar-refractivity contribution in [2.75, 3.05) is 5.32 Å². The Kier molecular flexibility index (Phi) is 3.13. The molecule has 96 valence electrons. The molecule has 4 nitrogen and oxygen atoms in total. The van der Waals surface area contributed by atoms with Crippen LogP contribution in [0.3, 0.4) is 0 Å². The summed E-state index contributed by atoms with van der Waals surface area (Å²) in [5.74, 6) is 0.858. The minimum absolute atomic E-state index is 0.695. The number of hydrogen-bond acceptors (Lipinski definition) is 5. The Morgan fingerprint density at radius 1 is 1.16 bits per heavy atom. The van der Waals surface area contributed by atoms with E-state index in [0.29, 0.717) is 6.54 Å². The van der Waals surface area contributed by atoms with Crippen molar-refractivity contribution in [1.29, 1.82) is 0 Å². The van der Waals surface area contributed by atoms with Gasteiger partial charge >= 0.3 is 0 Å². The van der Waals surface area contributed by atoms with Crippen molar-refractivity contribution in [2.45, 2.75) is 20.4 Å². The van der Waals surface area contributed by atoms with Gasteiger partial charge in [0.15, 0.2) is 0 Å². The van der Waals surface area contributed by atoms with E-state index in [1.54, 1.807) is 17.7 Å². The maximum absolute atomic E-state index is 4.52. The number of nitrogens with zero attached hydrogens (tertiary/aromatic N) is 3. The van der Waals surface area contributed by atoms with Gasteiger partial charge in [-0.3, -0.25) is 0 Å². The number of rotatable bonds is 3. The Hall–Kier alpha value is -2.01. The van der Waals surface area contributed by atoms with Crippen molar-refractivity contribution in [2.24, 2.45) is 0 Å². The molecule has 0 bridgehead atoms. The SMILES string of the molecule is Cc1nc(CNc2ncnc3ccccc23)sc1C. The van der Waals surface area contributed by atoms with Gasteiger partial charge in [0, 0.05) is 10.3 Å². The Labute approximate surface area is 115 Å². The number of hydrogen-bond donors (Lipinski definition) is 1. The summed E-state index contributed by atoms with van der Waals surface area (Å²) in [5, 5.41) is 5.46. The summed E-state index contributed by atoms with van der Waals surface area (Å²) >= 11 is 1.72. The zero-order chi connectivity index (χ0) is 13.2. The van der Waals surface area contributed by atoms with Gasteiger partial charge in [0.05, 0.1) is 17.8 Å². The standard InChI is InChI=1S/C14H14N4S/c1-9-10(2)19-13(18-9)7-15-14-11-5-3-4-6-12(11)16-8-17-14/h3-6,8H,7H2,1-2H3,(H,15,16,17). The molecule has 0 saturated heterocycles. The molecule has 0 spiro atoms. The van der Waals surface area contributed by atoms with Gasteiger partial charge in [0.2, 0.25) is 0 Å². The predicted octanol–water partition coefficient (Wildman–Crippen LogP) is 3.32. The fourth-order valence-electron chi connectivity index (χ4n) is 1.92. The monoisotopic (exact) mass is 270 g/mol. The van der Waals surface area contributed by atoms with Gasteiger partial charge in [-0.25, -0.2) is 15.0 Å². The van der Waals surface area contributed by atoms with Crippen molar-refractivity contribution in [3.05, 3.63) is 46.2 Å². The lowest BCUT2D eigenvalue weighted by molar-refractivity contribution is 1.05. The lowest BCUT2D eigenvalue weighted by Gasteiger charge is -2.06. The first-order valence-electron chi connectivity index (χ1n) is 6.10. The minimum atomic E-state index is 0.695. The Morgan fingerprint density at radius 3 is 2.79 bits per heavy atom. The second-order valence-corrected chi connectivity index (χ2v) is 5.63. The number of aryl methyl sites for hydroxylation is 2. The summed E-state index contributed by atoms with van der Waals surface area (Å²) in [7, 11) is 0. The van der Waals surface area contributed by atoms with Crippen LogP contribution in [-0.4, -0.2) is 15.0 Å². The van der Waals surface area contributed by atoms with Crippen LogP contribution in [0.15, 0.2) is 30.6 Å². The van der Waals surface area contributed by atoms with E-state index in [-0.39, 0.29) is 0 Å². The molecule has 0 saturated carbocycles. The zero-order valence-electron chi connectivity index (χ0n) is 10.8. The first-order chi connectivity index (χ1) is 9.24. The molecule has 1 N–H and O–H groups in total. The maximum Gasteiger partial charge on any atom is 0.137 e. The van der Waals surface area contributed by atoms with Crippen LogP contribution in [0.2, 0.25) is 0 Å². The molecule has 0 aliphatic heterocycles. The Morgan fingerprint density at radius 2 is 2.00 bits per heavy atom. The van der Waals surface area contributed by atoms with Crippen LogP contribution in [-0.2, 0) is 6.54 Å². The number of para-hydroxylation sites is 1. The van der Waals surface area contributed by atoms with E-state index in [0.717, 1.165) is 27.4 Å². The van der Waals surface area contributed by atoms with E-state index < -0.39 is 0 Å². The molecule has 3 aromatic rings. The summed E-state index contributed by atoms with van der Waals surface area (Å²) < 4.78 is 0. The first kappa shape index (κ1) is 12.0. The normalized spacial score (nSPS) is 10.8. The molecule has 3 rings (SSSR count). The maximum atomic E-state index is 4.52. The number of aromatic nitrogens is 3. The molecule has 1 aromatic carbocycles. The van der Waals surface area contributed by atoms with Crippen LogP contribution in [0.1, 0.15) is 15.6 Å². The summed E-state index contributed by atoms with van der Waals surface area (Å²) in [6.07, 6.45) is 1.59. The van der Waals surface area contributed by atoms with Crippen molar-refractivity contribution < 1.29 is 0 Å². The van der Waals surface area contributed by atoms with Crippen molar-refractivity contribution in [1.82, 2.24) is 15.0 Å². The molecule has 2 aromatic heterocycles. The van der Waals surface area contributed by atoms with E-state index >= 15 is 0 Å². The largest absolute Gasteiger partial charge is 0.363 e. The molecule has 5 heteroatoms. The van der Waals surface area contributed by atoms with Gasteiger partial charge in [0.25, 0.3) is 0 Å². The molecule has 0 unspecified atom stereocenters. The average molecular weight is 270 g/mol. The average Bonchev–Trinajstić information content (AvgIpc) is 2.75. The van der Waals surface area contributed by atoms with Gasteiger partial charge in [-0.1, -0.05) is 12.1 Å². The molecule has 0 aliphatic carbocycles. The quantitative estimate of drug-likeness (QED) is 0.793. The second-order valence-electron chi connectivity index (χ2n) is 4.34. The van der Waals surface area contributed by atoms with E-state index in [2.05, 4.69) is 27.2 Å². The molecular formula is C14H14N4S. The van der Waals surface area contributed by atoms with Crippen molar-refractivity contribution in [3.63, 3.8) is 0 Å². The number of thiazole rings is 1. The van der Waals surface area contributed by atoms with Crippen LogP contribution in [0.4, 0.5) is 5.82 Å². The molecule has 0 atom stereocenters. The number of benzene rings is 1. The van der Waals surface area contributed by atoms with Crippen LogP contribution < -0.4 is 5.32 Å². The molecule has 2 heterocycles. The Bertz CT molecular complexity index is 696. The van der Waals surface area contributed by atoms with Gasteiger partial charge in [-0.15, -0.1) is 11.3 Å². The summed E-state index contributed by atoms with van der Waals surface area (Å²) in [4.78, 5) is 14.3. The highest BCUT2D eigenvalue weighted by molar-refractivity contribution is 7.11. The molecule has 0 aliphatic rings. The molecule has 0 amide bonds. The third-order valence-electron chi connectivity index (χ3n) is 3.02. The number of anilines is 1. The number of nitrogens with one attached hydrogen (secondary N) is 1. The fraction of sp³-hybridized carbons (Fsp3) is 0.214. The van der Waals surface area contributed by atoms with Gasteiger partial charge in [0.1, 0.15) is 17.2 Å². The zero-order valence-corrected chi connectivity index (χ0v) is 11.7. The lowest BCUT2D eigenvalue weighted by atomic mass is 10.2. The smallest absolute Gasteiger partial charge is 0.137 e. The number of fused-ring (bicyclic) bond motifs is 1. The first-order valence-corrected chi connectivity index (χ1v) is 6.92. The molecule has 19 heavy (non-hydrogen) atoms. The highest BCUT2D eigenvalue weighted by Gasteiger charge is 2.06.